The predicted molar refractivity (Wildman–Crippen MR) is 84.1 cm³/mol. The fourth-order valence-corrected chi connectivity index (χ4v) is 2.51. The van der Waals surface area contributed by atoms with Gasteiger partial charge in [0.1, 0.15) is 0 Å². The van der Waals surface area contributed by atoms with Gasteiger partial charge in [0.2, 0.25) is 8.07 Å². The van der Waals surface area contributed by atoms with Crippen LogP contribution in [0.3, 0.4) is 0 Å². The maximum atomic E-state index is 3.36. The molecule has 0 bridgehead atoms. The Morgan fingerprint density at radius 3 is 1.37 bits per heavy atom. The van der Waals surface area contributed by atoms with Crippen LogP contribution in [0.15, 0.2) is 60.7 Å². The van der Waals surface area contributed by atoms with E-state index in [-0.39, 0.29) is 0 Å². The molecule has 2 aromatic carbocycles. The van der Waals surface area contributed by atoms with E-state index in [2.05, 4.69) is 36.0 Å². The Morgan fingerprint density at radius 1 is 0.632 bits per heavy atom. The summed E-state index contributed by atoms with van der Waals surface area (Å²) in [6.07, 6.45) is 0. The van der Waals surface area contributed by atoms with E-state index in [0.717, 1.165) is 11.1 Å². The van der Waals surface area contributed by atoms with E-state index in [0.29, 0.717) is 0 Å². The van der Waals surface area contributed by atoms with Gasteiger partial charge in [0, 0.05) is 11.1 Å². The van der Waals surface area contributed by atoms with Crippen LogP contribution in [0, 0.1) is 22.9 Å². The van der Waals surface area contributed by atoms with Crippen LogP contribution in [0.5, 0.6) is 0 Å². The summed E-state index contributed by atoms with van der Waals surface area (Å²) in [5.41, 5.74) is 8.84. The van der Waals surface area contributed by atoms with E-state index in [9.17, 15) is 0 Å². The smallest absolute Gasteiger partial charge is 0.111 e. The molecular weight excluding hydrogens is 244 g/mol. The van der Waals surface area contributed by atoms with Gasteiger partial charge in [-0.1, -0.05) is 48.2 Å². The summed E-state index contributed by atoms with van der Waals surface area (Å²) in [5.74, 6) is 6.46. The summed E-state index contributed by atoms with van der Waals surface area (Å²) in [5, 5.41) is 0. The first-order chi connectivity index (χ1) is 9.16. The van der Waals surface area contributed by atoms with Crippen molar-refractivity contribution in [2.75, 3.05) is 0 Å². The maximum Gasteiger partial charge on any atom is 0.211 e. The Kier molecular flexibility index (Phi) is 4.24. The van der Waals surface area contributed by atoms with Crippen LogP contribution in [0.1, 0.15) is 11.1 Å². The van der Waals surface area contributed by atoms with Gasteiger partial charge < -0.3 is 0 Å². The van der Waals surface area contributed by atoms with Crippen LogP contribution in [0.4, 0.5) is 0 Å². The van der Waals surface area contributed by atoms with Crippen LogP contribution in [0.2, 0.25) is 13.1 Å². The van der Waals surface area contributed by atoms with E-state index in [1.807, 2.05) is 60.7 Å². The number of rotatable bonds is 0. The quantitative estimate of drug-likeness (QED) is 0.498. The second kappa shape index (κ2) is 6.09. The van der Waals surface area contributed by atoms with Crippen molar-refractivity contribution in [1.29, 1.82) is 0 Å². The first-order valence-corrected chi connectivity index (χ1v) is 9.32. The van der Waals surface area contributed by atoms with Gasteiger partial charge >= 0.3 is 0 Å². The van der Waals surface area contributed by atoms with Crippen LogP contribution in [0.25, 0.3) is 0 Å². The molecule has 0 fully saturated rings. The van der Waals surface area contributed by atoms with Crippen LogP contribution >= 0.6 is 0 Å². The molecule has 0 heterocycles. The Morgan fingerprint density at radius 2 is 1.00 bits per heavy atom. The van der Waals surface area contributed by atoms with E-state index in [1.165, 1.54) is 0 Å². The van der Waals surface area contributed by atoms with Crippen molar-refractivity contribution in [2.45, 2.75) is 13.1 Å². The van der Waals surface area contributed by atoms with Crippen LogP contribution in [-0.2, 0) is 0 Å². The highest BCUT2D eigenvalue weighted by atomic mass is 28.3. The van der Waals surface area contributed by atoms with E-state index in [4.69, 9.17) is 0 Å². The predicted octanol–water partition coefficient (Wildman–Crippen LogP) is 3.88. The molecule has 0 amide bonds. The first-order valence-electron chi connectivity index (χ1n) is 6.32. The van der Waals surface area contributed by atoms with Gasteiger partial charge in [-0.15, -0.1) is 11.1 Å². The molecule has 0 nitrogen and oxygen atoms in total. The third kappa shape index (κ3) is 4.51. The molecule has 0 atom stereocenters. The van der Waals surface area contributed by atoms with Gasteiger partial charge in [0.15, 0.2) is 0 Å². The van der Waals surface area contributed by atoms with Crippen molar-refractivity contribution in [3.05, 3.63) is 71.8 Å². The zero-order chi connectivity index (χ0) is 13.6. The molecule has 0 spiro atoms. The molecule has 0 aliphatic carbocycles. The average molecular weight is 260 g/mol. The van der Waals surface area contributed by atoms with Crippen molar-refractivity contribution in [3.63, 3.8) is 0 Å². The highest BCUT2D eigenvalue weighted by molar-refractivity contribution is 6.92. The molecule has 0 unspecified atom stereocenters. The Labute approximate surface area is 116 Å². The largest absolute Gasteiger partial charge is 0.211 e. The minimum absolute atomic E-state index is 1.06. The van der Waals surface area contributed by atoms with Gasteiger partial charge in [-0.3, -0.25) is 0 Å². The van der Waals surface area contributed by atoms with Crippen molar-refractivity contribution in [2.24, 2.45) is 0 Å². The van der Waals surface area contributed by atoms with Gasteiger partial charge in [-0.2, -0.15) is 0 Å². The molecule has 0 radical (unpaired) electrons. The van der Waals surface area contributed by atoms with E-state index >= 15 is 0 Å². The lowest BCUT2D eigenvalue weighted by Gasteiger charge is -2.03. The maximum absolute atomic E-state index is 3.36. The zero-order valence-electron chi connectivity index (χ0n) is 11.3. The van der Waals surface area contributed by atoms with Gasteiger partial charge in [0.05, 0.1) is 0 Å². The fourth-order valence-electron chi connectivity index (χ4n) is 1.53. The van der Waals surface area contributed by atoms with Gasteiger partial charge in [-0.05, 0) is 37.4 Å². The van der Waals surface area contributed by atoms with Crippen molar-refractivity contribution in [1.82, 2.24) is 0 Å². The summed E-state index contributed by atoms with van der Waals surface area (Å²) < 4.78 is 0. The lowest BCUT2D eigenvalue weighted by Crippen LogP contribution is -2.21. The second-order valence-electron chi connectivity index (χ2n) is 4.86. The van der Waals surface area contributed by atoms with Crippen LogP contribution in [-0.4, -0.2) is 8.07 Å². The summed E-state index contributed by atoms with van der Waals surface area (Å²) >= 11 is 0. The van der Waals surface area contributed by atoms with Crippen molar-refractivity contribution >= 4 is 8.07 Å². The molecule has 0 saturated carbocycles. The molecule has 0 saturated heterocycles. The topological polar surface area (TPSA) is 0 Å². The summed E-state index contributed by atoms with van der Waals surface area (Å²) in [4.78, 5) is 0. The summed E-state index contributed by atoms with van der Waals surface area (Å²) in [6, 6.07) is 20.2. The minimum Gasteiger partial charge on any atom is -0.111 e. The standard InChI is InChI=1S/C18H16Si/c1-19(2,15-13-17-9-5-3-6-10-17)16-14-18-11-7-4-8-12-18/h3-12H,1-2H3. The second-order valence-corrected chi connectivity index (χ2v) is 8.61. The lowest BCUT2D eigenvalue weighted by molar-refractivity contribution is 1.65. The third-order valence-corrected chi connectivity index (χ3v) is 4.09. The molecule has 0 aliphatic rings. The van der Waals surface area contributed by atoms with E-state index in [1.54, 1.807) is 0 Å². The summed E-state index contributed by atoms with van der Waals surface area (Å²) in [6.45, 7) is 4.36. The summed E-state index contributed by atoms with van der Waals surface area (Å²) in [7, 11) is -1.79. The molecule has 0 aliphatic heterocycles. The average Bonchev–Trinajstić information content (AvgIpc) is 2.46. The van der Waals surface area contributed by atoms with E-state index < -0.39 is 8.07 Å². The van der Waals surface area contributed by atoms with Crippen molar-refractivity contribution in [3.8, 4) is 22.9 Å². The molecule has 2 rings (SSSR count). The molecule has 1 heteroatoms. The minimum atomic E-state index is -1.79. The highest BCUT2D eigenvalue weighted by Crippen LogP contribution is 2.02. The number of hydrogen-bond donors (Lipinski definition) is 0. The Hall–Kier alpha value is -2.22. The number of hydrogen-bond acceptors (Lipinski definition) is 0. The molecule has 92 valence electrons. The first kappa shape index (κ1) is 13.2. The number of benzene rings is 2. The zero-order valence-corrected chi connectivity index (χ0v) is 12.3. The molecule has 2 aromatic rings. The molecule has 0 aromatic heterocycles. The normalized spacial score (nSPS) is 9.79. The molecule has 19 heavy (non-hydrogen) atoms. The fraction of sp³-hybridized carbons (Fsp3) is 0.111. The third-order valence-electron chi connectivity index (χ3n) is 2.59. The lowest BCUT2D eigenvalue weighted by atomic mass is 10.2. The Balaban J connectivity index is 2.16. The molecular formula is C18H16Si. The van der Waals surface area contributed by atoms with Gasteiger partial charge in [0.25, 0.3) is 0 Å². The SMILES string of the molecule is C[Si](C)(C#Cc1ccccc1)C#Cc1ccccc1. The van der Waals surface area contributed by atoms with Crippen LogP contribution < -0.4 is 0 Å². The highest BCUT2D eigenvalue weighted by Gasteiger charge is 2.13. The monoisotopic (exact) mass is 260 g/mol. The molecule has 0 N–H and O–H groups in total. The van der Waals surface area contributed by atoms with Gasteiger partial charge in [-0.25, -0.2) is 0 Å². The van der Waals surface area contributed by atoms with Crippen molar-refractivity contribution < 1.29 is 0 Å². The Bertz CT molecular complexity index is 587.